The fraction of sp³-hybridized carbons (Fsp3) is 0.167. The number of nitrogens with two attached hydrogens (primary N) is 1. The highest BCUT2D eigenvalue weighted by Gasteiger charge is 2.08. The molecule has 0 heterocycles. The Labute approximate surface area is 180 Å². The SMILES string of the molecule is Cc1ccc(OCC(=O)O/N=C(/N)c2ccc(OCc3ccc(F)cc3)cc2)c(C)c1. The summed E-state index contributed by atoms with van der Waals surface area (Å²) >= 11 is 0. The molecule has 0 aliphatic carbocycles. The van der Waals surface area contributed by atoms with Gasteiger partial charge in [0, 0.05) is 5.56 Å². The number of ether oxygens (including phenoxy) is 2. The van der Waals surface area contributed by atoms with Crippen LogP contribution in [0, 0.1) is 19.7 Å². The van der Waals surface area contributed by atoms with Crippen LogP contribution in [-0.4, -0.2) is 18.4 Å². The van der Waals surface area contributed by atoms with Gasteiger partial charge >= 0.3 is 5.97 Å². The van der Waals surface area contributed by atoms with Crippen molar-refractivity contribution >= 4 is 11.8 Å². The molecule has 160 valence electrons. The Morgan fingerprint density at radius 1 is 0.968 bits per heavy atom. The molecule has 0 bridgehead atoms. The number of oxime groups is 1. The van der Waals surface area contributed by atoms with Gasteiger partial charge in [0.25, 0.3) is 0 Å². The van der Waals surface area contributed by atoms with E-state index in [-0.39, 0.29) is 18.3 Å². The maximum Gasteiger partial charge on any atom is 0.372 e. The normalized spacial score (nSPS) is 11.1. The third-order valence-corrected chi connectivity index (χ3v) is 4.39. The van der Waals surface area contributed by atoms with Crippen LogP contribution in [0.5, 0.6) is 11.5 Å². The molecule has 3 rings (SSSR count). The second-order valence-electron chi connectivity index (χ2n) is 6.94. The lowest BCUT2D eigenvalue weighted by Gasteiger charge is -2.08. The van der Waals surface area contributed by atoms with Crippen molar-refractivity contribution in [1.82, 2.24) is 0 Å². The van der Waals surface area contributed by atoms with Gasteiger partial charge in [-0.2, -0.15) is 0 Å². The molecule has 6 nitrogen and oxygen atoms in total. The molecule has 0 fully saturated rings. The van der Waals surface area contributed by atoms with E-state index in [0.717, 1.165) is 16.7 Å². The van der Waals surface area contributed by atoms with Gasteiger partial charge in [0.15, 0.2) is 12.4 Å². The van der Waals surface area contributed by atoms with Crippen LogP contribution in [0.3, 0.4) is 0 Å². The average molecular weight is 422 g/mol. The van der Waals surface area contributed by atoms with E-state index >= 15 is 0 Å². The highest BCUT2D eigenvalue weighted by Crippen LogP contribution is 2.18. The smallest absolute Gasteiger partial charge is 0.372 e. The number of amidine groups is 1. The molecular weight excluding hydrogens is 399 g/mol. The quantitative estimate of drug-likeness (QED) is 0.254. The van der Waals surface area contributed by atoms with Crippen molar-refractivity contribution in [1.29, 1.82) is 0 Å². The molecule has 0 spiro atoms. The topological polar surface area (TPSA) is 83.1 Å². The fourth-order valence-corrected chi connectivity index (χ4v) is 2.75. The zero-order valence-electron chi connectivity index (χ0n) is 17.3. The molecule has 2 N–H and O–H groups in total. The summed E-state index contributed by atoms with van der Waals surface area (Å²) in [4.78, 5) is 16.7. The highest BCUT2D eigenvalue weighted by atomic mass is 19.1. The number of rotatable bonds is 8. The highest BCUT2D eigenvalue weighted by molar-refractivity contribution is 5.97. The predicted octanol–water partition coefficient (Wildman–Crippen LogP) is 4.26. The molecule has 7 heteroatoms. The first-order valence-corrected chi connectivity index (χ1v) is 9.62. The van der Waals surface area contributed by atoms with Crippen molar-refractivity contribution < 1.29 is 23.5 Å². The van der Waals surface area contributed by atoms with E-state index in [1.807, 2.05) is 26.0 Å². The maximum absolute atomic E-state index is 12.9. The predicted molar refractivity (Wildman–Crippen MR) is 115 cm³/mol. The van der Waals surface area contributed by atoms with Crippen molar-refractivity contribution in [3.8, 4) is 11.5 Å². The van der Waals surface area contributed by atoms with Crippen molar-refractivity contribution in [2.45, 2.75) is 20.5 Å². The van der Waals surface area contributed by atoms with Gasteiger partial charge in [-0.1, -0.05) is 35.0 Å². The first-order chi connectivity index (χ1) is 14.9. The number of carbonyl (C=O) groups excluding carboxylic acids is 1. The van der Waals surface area contributed by atoms with E-state index in [2.05, 4.69) is 5.16 Å². The van der Waals surface area contributed by atoms with Gasteiger partial charge in [0.05, 0.1) is 0 Å². The minimum atomic E-state index is -0.665. The monoisotopic (exact) mass is 422 g/mol. The van der Waals surface area contributed by atoms with Crippen LogP contribution in [0.1, 0.15) is 22.3 Å². The molecule has 0 saturated carbocycles. The van der Waals surface area contributed by atoms with E-state index < -0.39 is 5.97 Å². The van der Waals surface area contributed by atoms with Gasteiger partial charge in [-0.15, -0.1) is 0 Å². The third-order valence-electron chi connectivity index (χ3n) is 4.39. The van der Waals surface area contributed by atoms with E-state index in [1.54, 1.807) is 42.5 Å². The van der Waals surface area contributed by atoms with Crippen LogP contribution in [-0.2, 0) is 16.2 Å². The summed E-state index contributed by atoms with van der Waals surface area (Å²) in [5.41, 5.74) is 9.33. The molecule has 0 aliphatic rings. The van der Waals surface area contributed by atoms with Gasteiger partial charge < -0.3 is 20.0 Å². The van der Waals surface area contributed by atoms with Crippen LogP contribution in [0.2, 0.25) is 0 Å². The number of hydrogen-bond acceptors (Lipinski definition) is 5. The van der Waals surface area contributed by atoms with Gasteiger partial charge in [0.1, 0.15) is 23.9 Å². The first-order valence-electron chi connectivity index (χ1n) is 9.62. The number of hydrogen-bond donors (Lipinski definition) is 1. The van der Waals surface area contributed by atoms with Crippen molar-refractivity contribution in [2.75, 3.05) is 6.61 Å². The molecule has 0 unspecified atom stereocenters. The van der Waals surface area contributed by atoms with Crippen molar-refractivity contribution in [3.05, 3.63) is 94.8 Å². The lowest BCUT2D eigenvalue weighted by molar-refractivity contribution is -0.146. The molecule has 3 aromatic carbocycles. The van der Waals surface area contributed by atoms with Crippen LogP contribution in [0.4, 0.5) is 4.39 Å². The molecule has 0 saturated heterocycles. The molecule has 0 atom stereocenters. The minimum absolute atomic E-state index is 0.0463. The molecule has 0 radical (unpaired) electrons. The number of aryl methyl sites for hydroxylation is 2. The van der Waals surface area contributed by atoms with Crippen LogP contribution in [0.15, 0.2) is 71.9 Å². The first kappa shape index (κ1) is 21.8. The van der Waals surface area contributed by atoms with Gasteiger partial charge in [0.2, 0.25) is 0 Å². The number of carbonyl (C=O) groups is 1. The Balaban J connectivity index is 1.48. The van der Waals surface area contributed by atoms with Gasteiger partial charge in [-0.05, 0) is 67.4 Å². The number of benzene rings is 3. The molecule has 0 aliphatic heterocycles. The standard InChI is InChI=1S/C24H23FN2O4/c1-16-3-12-22(17(2)13-16)30-15-23(28)31-27-24(26)19-6-10-21(11-7-19)29-14-18-4-8-20(25)9-5-18/h3-13H,14-15H2,1-2H3,(H2,26,27). The second-order valence-corrected chi connectivity index (χ2v) is 6.94. The van der Waals surface area contributed by atoms with E-state index in [4.69, 9.17) is 20.0 Å². The molecule has 0 amide bonds. The number of halogens is 1. The Morgan fingerprint density at radius 2 is 1.68 bits per heavy atom. The van der Waals surface area contributed by atoms with E-state index in [0.29, 0.717) is 23.7 Å². The second kappa shape index (κ2) is 10.2. The summed E-state index contributed by atoms with van der Waals surface area (Å²) < 4.78 is 24.0. The zero-order valence-corrected chi connectivity index (χ0v) is 17.3. The summed E-state index contributed by atoms with van der Waals surface area (Å²) in [6, 6.07) is 18.6. The van der Waals surface area contributed by atoms with E-state index in [9.17, 15) is 9.18 Å². The van der Waals surface area contributed by atoms with Crippen molar-refractivity contribution in [3.63, 3.8) is 0 Å². The summed E-state index contributed by atoms with van der Waals surface area (Å²) in [5.74, 6) is 0.308. The molecule has 3 aromatic rings. The number of nitrogens with zero attached hydrogens (tertiary/aromatic N) is 1. The molecular formula is C24H23FN2O4. The van der Waals surface area contributed by atoms with Crippen LogP contribution < -0.4 is 15.2 Å². The van der Waals surface area contributed by atoms with Crippen LogP contribution in [0.25, 0.3) is 0 Å². The van der Waals surface area contributed by atoms with Gasteiger partial charge in [-0.3, -0.25) is 0 Å². The van der Waals surface area contributed by atoms with Crippen LogP contribution >= 0.6 is 0 Å². The average Bonchev–Trinajstić information content (AvgIpc) is 2.77. The van der Waals surface area contributed by atoms with Crippen molar-refractivity contribution in [2.24, 2.45) is 10.9 Å². The van der Waals surface area contributed by atoms with Gasteiger partial charge in [-0.25, -0.2) is 9.18 Å². The molecule has 0 aromatic heterocycles. The Hall–Kier alpha value is -3.87. The summed E-state index contributed by atoms with van der Waals surface area (Å²) in [6.45, 7) is 3.90. The minimum Gasteiger partial charge on any atom is -0.489 e. The summed E-state index contributed by atoms with van der Waals surface area (Å²) in [5, 5.41) is 3.66. The fourth-order valence-electron chi connectivity index (χ4n) is 2.75. The Morgan fingerprint density at radius 3 is 2.35 bits per heavy atom. The largest absolute Gasteiger partial charge is 0.489 e. The zero-order chi connectivity index (χ0) is 22.2. The Kier molecular flexibility index (Phi) is 7.22. The lowest BCUT2D eigenvalue weighted by Crippen LogP contribution is -2.18. The lowest BCUT2D eigenvalue weighted by atomic mass is 10.1. The molecule has 31 heavy (non-hydrogen) atoms. The third kappa shape index (κ3) is 6.57. The maximum atomic E-state index is 12.9. The summed E-state index contributed by atoms with van der Waals surface area (Å²) in [6.07, 6.45) is 0. The Bertz CT molecular complexity index is 1060. The van der Waals surface area contributed by atoms with E-state index in [1.165, 1.54) is 12.1 Å². The summed E-state index contributed by atoms with van der Waals surface area (Å²) in [7, 11) is 0.